The average molecular weight is 280 g/mol. The molecule has 0 fully saturated rings. The van der Waals surface area contributed by atoms with Gasteiger partial charge in [-0.05, 0) is 18.2 Å². The van der Waals surface area contributed by atoms with Crippen LogP contribution in [-0.2, 0) is 4.79 Å². The van der Waals surface area contributed by atoms with Crippen molar-refractivity contribution in [3.8, 4) is 0 Å². The lowest BCUT2D eigenvalue weighted by Gasteiger charge is -2.06. The molecule has 0 bridgehead atoms. The molecule has 0 radical (unpaired) electrons. The van der Waals surface area contributed by atoms with E-state index in [0.717, 1.165) is 0 Å². The van der Waals surface area contributed by atoms with Crippen molar-refractivity contribution in [1.29, 1.82) is 0 Å². The molecule has 0 aliphatic heterocycles. The van der Waals surface area contributed by atoms with Gasteiger partial charge in [0.05, 0.1) is 23.1 Å². The van der Waals surface area contributed by atoms with Gasteiger partial charge in [0.1, 0.15) is 0 Å². The quantitative estimate of drug-likeness (QED) is 0.815. The first kappa shape index (κ1) is 13.6. The summed E-state index contributed by atoms with van der Waals surface area (Å²) in [6.45, 7) is 0.0691. The molecule has 1 aromatic carbocycles. The average Bonchev–Trinajstić information content (AvgIpc) is 2.23. The fourth-order valence-electron chi connectivity index (χ4n) is 1.01. The summed E-state index contributed by atoms with van der Waals surface area (Å²) in [6.07, 6.45) is 0. The van der Waals surface area contributed by atoms with E-state index < -0.39 is 0 Å². The van der Waals surface area contributed by atoms with E-state index in [1.165, 1.54) is 11.8 Å². The van der Waals surface area contributed by atoms with Gasteiger partial charge < -0.3 is 10.4 Å². The maximum atomic E-state index is 11.4. The molecule has 1 rings (SSSR count). The van der Waals surface area contributed by atoms with E-state index in [-0.39, 0.29) is 12.5 Å². The number of halogens is 2. The Labute approximate surface area is 108 Å². The molecule has 1 amide bonds. The summed E-state index contributed by atoms with van der Waals surface area (Å²) in [5, 5.41) is 12.2. The smallest absolute Gasteiger partial charge is 0.234 e. The van der Waals surface area contributed by atoms with E-state index in [2.05, 4.69) is 5.32 Å². The number of benzene rings is 1. The SMILES string of the molecule is O=C(CSCCO)Nc1ccc(Cl)cc1Cl. The van der Waals surface area contributed by atoms with Crippen LogP contribution in [0.15, 0.2) is 18.2 Å². The summed E-state index contributed by atoms with van der Waals surface area (Å²) in [5.74, 6) is 0.684. The highest BCUT2D eigenvalue weighted by atomic mass is 35.5. The Hall–Kier alpha value is -0.420. The molecule has 1 aromatic rings. The van der Waals surface area contributed by atoms with Gasteiger partial charge in [-0.15, -0.1) is 11.8 Å². The number of rotatable bonds is 5. The highest BCUT2D eigenvalue weighted by molar-refractivity contribution is 7.99. The van der Waals surface area contributed by atoms with E-state index >= 15 is 0 Å². The highest BCUT2D eigenvalue weighted by Crippen LogP contribution is 2.25. The lowest BCUT2D eigenvalue weighted by molar-refractivity contribution is -0.113. The first-order valence-electron chi connectivity index (χ1n) is 4.57. The standard InChI is InChI=1S/C10H11Cl2NO2S/c11-7-1-2-9(8(12)5-7)13-10(15)6-16-4-3-14/h1-2,5,14H,3-4,6H2,(H,13,15). The molecule has 0 aromatic heterocycles. The van der Waals surface area contributed by atoms with Gasteiger partial charge in [-0.2, -0.15) is 0 Å². The van der Waals surface area contributed by atoms with Gasteiger partial charge in [0, 0.05) is 10.8 Å². The number of aliphatic hydroxyl groups is 1. The van der Waals surface area contributed by atoms with Crippen LogP contribution in [0.2, 0.25) is 10.0 Å². The van der Waals surface area contributed by atoms with Gasteiger partial charge in [0.25, 0.3) is 0 Å². The van der Waals surface area contributed by atoms with Gasteiger partial charge in [0.2, 0.25) is 5.91 Å². The molecule has 0 spiro atoms. The molecular weight excluding hydrogens is 269 g/mol. The minimum atomic E-state index is -0.150. The summed E-state index contributed by atoms with van der Waals surface area (Å²) in [6, 6.07) is 4.88. The highest BCUT2D eigenvalue weighted by Gasteiger charge is 2.06. The second kappa shape index (κ2) is 7.01. The Bertz CT molecular complexity index is 374. The zero-order valence-corrected chi connectivity index (χ0v) is 10.7. The van der Waals surface area contributed by atoms with Crippen LogP contribution in [0.25, 0.3) is 0 Å². The number of thioether (sulfide) groups is 1. The van der Waals surface area contributed by atoms with Crippen LogP contribution in [0.5, 0.6) is 0 Å². The predicted molar refractivity (Wildman–Crippen MR) is 69.5 cm³/mol. The number of anilines is 1. The normalized spacial score (nSPS) is 10.2. The zero-order valence-electron chi connectivity index (χ0n) is 8.37. The molecule has 0 unspecified atom stereocenters. The molecule has 6 heteroatoms. The second-order valence-electron chi connectivity index (χ2n) is 2.95. The van der Waals surface area contributed by atoms with Crippen molar-refractivity contribution >= 4 is 46.6 Å². The number of carbonyl (C=O) groups excluding carboxylic acids is 1. The van der Waals surface area contributed by atoms with Gasteiger partial charge >= 0.3 is 0 Å². The van der Waals surface area contributed by atoms with E-state index in [4.69, 9.17) is 28.3 Å². The van der Waals surface area contributed by atoms with Crippen LogP contribution >= 0.6 is 35.0 Å². The summed E-state index contributed by atoms with van der Waals surface area (Å²) < 4.78 is 0. The first-order chi connectivity index (χ1) is 7.63. The van der Waals surface area contributed by atoms with E-state index in [0.29, 0.717) is 27.2 Å². The Balaban J connectivity index is 2.49. The number of carbonyl (C=O) groups is 1. The molecule has 0 aliphatic carbocycles. The molecule has 0 saturated carbocycles. The largest absolute Gasteiger partial charge is 0.396 e. The molecule has 0 atom stereocenters. The van der Waals surface area contributed by atoms with E-state index in [1.54, 1.807) is 18.2 Å². The third-order valence-corrected chi connectivity index (χ3v) is 3.16. The summed E-state index contributed by atoms with van der Waals surface area (Å²) in [7, 11) is 0. The van der Waals surface area contributed by atoms with Gasteiger partial charge in [-0.3, -0.25) is 4.79 Å². The Morgan fingerprint density at radius 1 is 1.44 bits per heavy atom. The number of hydrogen-bond donors (Lipinski definition) is 2. The fraction of sp³-hybridized carbons (Fsp3) is 0.300. The minimum absolute atomic E-state index is 0.0691. The minimum Gasteiger partial charge on any atom is -0.396 e. The van der Waals surface area contributed by atoms with Gasteiger partial charge in [0.15, 0.2) is 0 Å². The van der Waals surface area contributed by atoms with Crippen LogP contribution in [-0.4, -0.2) is 29.1 Å². The lowest BCUT2D eigenvalue weighted by atomic mass is 10.3. The molecule has 88 valence electrons. The third kappa shape index (κ3) is 4.61. The first-order valence-corrected chi connectivity index (χ1v) is 6.48. The molecule has 0 heterocycles. The van der Waals surface area contributed by atoms with Crippen LogP contribution in [0.1, 0.15) is 0 Å². The lowest BCUT2D eigenvalue weighted by Crippen LogP contribution is -2.14. The topological polar surface area (TPSA) is 49.3 Å². The maximum absolute atomic E-state index is 11.4. The van der Waals surface area contributed by atoms with Crippen molar-refractivity contribution in [2.45, 2.75) is 0 Å². The number of aliphatic hydroxyl groups excluding tert-OH is 1. The van der Waals surface area contributed by atoms with Crippen LogP contribution in [0.3, 0.4) is 0 Å². The molecular formula is C10H11Cl2NO2S. The van der Waals surface area contributed by atoms with Crippen molar-refractivity contribution in [3.05, 3.63) is 28.2 Å². The summed E-state index contributed by atoms with van der Waals surface area (Å²) in [5.41, 5.74) is 0.542. The Morgan fingerprint density at radius 2 is 2.19 bits per heavy atom. The maximum Gasteiger partial charge on any atom is 0.234 e. The predicted octanol–water partition coefficient (Wildman–Crippen LogP) is 2.66. The van der Waals surface area contributed by atoms with Gasteiger partial charge in [-0.25, -0.2) is 0 Å². The third-order valence-electron chi connectivity index (χ3n) is 1.67. The van der Waals surface area contributed by atoms with Crippen LogP contribution in [0, 0.1) is 0 Å². The number of nitrogens with one attached hydrogen (secondary N) is 1. The van der Waals surface area contributed by atoms with Gasteiger partial charge in [-0.1, -0.05) is 23.2 Å². The number of amides is 1. The summed E-state index contributed by atoms with van der Waals surface area (Å²) in [4.78, 5) is 11.4. The van der Waals surface area contributed by atoms with Crippen molar-refractivity contribution in [1.82, 2.24) is 0 Å². The van der Waals surface area contributed by atoms with E-state index in [1.807, 2.05) is 0 Å². The Morgan fingerprint density at radius 3 is 2.81 bits per heavy atom. The summed E-state index contributed by atoms with van der Waals surface area (Å²) >= 11 is 13.0. The van der Waals surface area contributed by atoms with Crippen LogP contribution < -0.4 is 5.32 Å². The van der Waals surface area contributed by atoms with Crippen molar-refractivity contribution in [3.63, 3.8) is 0 Å². The molecule has 3 nitrogen and oxygen atoms in total. The molecule has 2 N–H and O–H groups in total. The molecule has 16 heavy (non-hydrogen) atoms. The van der Waals surface area contributed by atoms with Crippen molar-refractivity contribution in [2.24, 2.45) is 0 Å². The molecule has 0 aliphatic rings. The number of hydrogen-bond acceptors (Lipinski definition) is 3. The fourth-order valence-corrected chi connectivity index (χ4v) is 1.99. The monoisotopic (exact) mass is 279 g/mol. The van der Waals surface area contributed by atoms with Crippen molar-refractivity contribution in [2.75, 3.05) is 23.4 Å². The van der Waals surface area contributed by atoms with E-state index in [9.17, 15) is 4.79 Å². The molecule has 0 saturated heterocycles. The second-order valence-corrected chi connectivity index (χ2v) is 4.90. The zero-order chi connectivity index (χ0) is 12.0. The van der Waals surface area contributed by atoms with Crippen molar-refractivity contribution < 1.29 is 9.90 Å². The van der Waals surface area contributed by atoms with Crippen LogP contribution in [0.4, 0.5) is 5.69 Å². The Kier molecular flexibility index (Phi) is 5.98.